The van der Waals surface area contributed by atoms with E-state index in [9.17, 15) is 0 Å². The summed E-state index contributed by atoms with van der Waals surface area (Å²) in [6.07, 6.45) is 0. The van der Waals surface area contributed by atoms with Crippen LogP contribution in [0.15, 0.2) is 42.5 Å². The molecule has 0 bridgehead atoms. The molecule has 0 fully saturated rings. The number of H-pyrrole nitrogens is 1. The van der Waals surface area contributed by atoms with Crippen molar-refractivity contribution in [3.8, 4) is 0 Å². The van der Waals surface area contributed by atoms with Crippen LogP contribution in [0.2, 0.25) is 0 Å². The van der Waals surface area contributed by atoms with E-state index in [2.05, 4.69) is 11.1 Å². The topological polar surface area (TPSA) is 65.7 Å². The number of rotatable bonds is 1. The lowest BCUT2D eigenvalue weighted by atomic mass is 10.1. The highest BCUT2D eigenvalue weighted by Crippen LogP contribution is 2.26. The van der Waals surface area contributed by atoms with Crippen LogP contribution in [-0.2, 0) is 0 Å². The van der Waals surface area contributed by atoms with Gasteiger partial charge in [0.2, 0.25) is 0 Å². The SMILES string of the molecule is N=C(N)c1cccc2c1[nH]c1ccccc12. The zero-order valence-electron chi connectivity index (χ0n) is 8.62. The van der Waals surface area contributed by atoms with Crippen molar-refractivity contribution in [3.63, 3.8) is 0 Å². The van der Waals surface area contributed by atoms with E-state index in [-0.39, 0.29) is 5.84 Å². The highest BCUT2D eigenvalue weighted by Gasteiger charge is 2.08. The van der Waals surface area contributed by atoms with Gasteiger partial charge in [-0.15, -0.1) is 0 Å². The Morgan fingerprint density at radius 3 is 2.56 bits per heavy atom. The molecule has 0 aliphatic rings. The number of nitrogens with one attached hydrogen (secondary N) is 2. The highest BCUT2D eigenvalue weighted by molar-refractivity contribution is 6.15. The molecule has 3 aromatic rings. The quantitative estimate of drug-likeness (QED) is 0.418. The number of nitrogen functional groups attached to an aromatic ring is 1. The minimum Gasteiger partial charge on any atom is -0.384 e. The summed E-state index contributed by atoms with van der Waals surface area (Å²) in [5.41, 5.74) is 8.34. The molecule has 0 aliphatic carbocycles. The van der Waals surface area contributed by atoms with Gasteiger partial charge in [0.05, 0.1) is 5.52 Å². The molecule has 3 rings (SSSR count). The van der Waals surface area contributed by atoms with E-state index in [0.717, 1.165) is 22.0 Å². The number of aromatic nitrogens is 1. The number of nitrogens with two attached hydrogens (primary N) is 1. The van der Waals surface area contributed by atoms with Crippen molar-refractivity contribution in [2.45, 2.75) is 0 Å². The van der Waals surface area contributed by atoms with Crippen molar-refractivity contribution in [1.82, 2.24) is 4.98 Å². The van der Waals surface area contributed by atoms with E-state index in [1.807, 2.05) is 36.4 Å². The van der Waals surface area contributed by atoms with Crippen molar-refractivity contribution in [3.05, 3.63) is 48.0 Å². The molecule has 16 heavy (non-hydrogen) atoms. The average molecular weight is 209 g/mol. The summed E-state index contributed by atoms with van der Waals surface area (Å²) in [4.78, 5) is 3.31. The van der Waals surface area contributed by atoms with Crippen LogP contribution in [0.4, 0.5) is 0 Å². The summed E-state index contributed by atoms with van der Waals surface area (Å²) < 4.78 is 0. The molecular formula is C13H11N3. The van der Waals surface area contributed by atoms with Crippen LogP contribution in [0, 0.1) is 5.41 Å². The molecule has 0 spiro atoms. The third-order valence-electron chi connectivity index (χ3n) is 2.83. The molecule has 3 nitrogen and oxygen atoms in total. The first-order valence-electron chi connectivity index (χ1n) is 5.11. The number of hydrogen-bond donors (Lipinski definition) is 3. The van der Waals surface area contributed by atoms with Crippen molar-refractivity contribution < 1.29 is 0 Å². The maximum atomic E-state index is 7.55. The zero-order chi connectivity index (χ0) is 11.1. The number of amidine groups is 1. The average Bonchev–Trinajstić information content (AvgIpc) is 2.67. The Hall–Kier alpha value is -2.29. The molecule has 2 aromatic carbocycles. The molecule has 0 unspecified atom stereocenters. The molecule has 1 heterocycles. The molecular weight excluding hydrogens is 198 g/mol. The minimum absolute atomic E-state index is 0.0946. The summed E-state index contributed by atoms with van der Waals surface area (Å²) in [7, 11) is 0. The minimum atomic E-state index is 0.0946. The van der Waals surface area contributed by atoms with Gasteiger partial charge in [0.1, 0.15) is 5.84 Å². The van der Waals surface area contributed by atoms with Crippen LogP contribution < -0.4 is 5.73 Å². The van der Waals surface area contributed by atoms with Crippen molar-refractivity contribution >= 4 is 27.6 Å². The van der Waals surface area contributed by atoms with Gasteiger partial charge in [0, 0.05) is 21.9 Å². The maximum absolute atomic E-state index is 7.55. The molecule has 1 aromatic heterocycles. The van der Waals surface area contributed by atoms with Crippen LogP contribution in [0.5, 0.6) is 0 Å². The Morgan fingerprint density at radius 2 is 1.75 bits per heavy atom. The van der Waals surface area contributed by atoms with E-state index in [1.54, 1.807) is 0 Å². The highest BCUT2D eigenvalue weighted by atomic mass is 14.7. The fourth-order valence-corrected chi connectivity index (χ4v) is 2.10. The third-order valence-corrected chi connectivity index (χ3v) is 2.83. The van der Waals surface area contributed by atoms with Gasteiger partial charge in [-0.05, 0) is 12.1 Å². The van der Waals surface area contributed by atoms with E-state index in [1.165, 1.54) is 5.39 Å². The second-order valence-corrected chi connectivity index (χ2v) is 3.81. The second-order valence-electron chi connectivity index (χ2n) is 3.81. The van der Waals surface area contributed by atoms with Gasteiger partial charge in [0.25, 0.3) is 0 Å². The van der Waals surface area contributed by atoms with Gasteiger partial charge >= 0.3 is 0 Å². The van der Waals surface area contributed by atoms with Crippen molar-refractivity contribution in [2.24, 2.45) is 5.73 Å². The van der Waals surface area contributed by atoms with Gasteiger partial charge in [-0.3, -0.25) is 5.41 Å². The first-order chi connectivity index (χ1) is 7.77. The molecule has 0 atom stereocenters. The standard InChI is InChI=1S/C13H11N3/c14-13(15)10-6-3-5-9-8-4-1-2-7-11(8)16-12(9)10/h1-7,16H,(H3,14,15). The molecule has 0 aliphatic heterocycles. The Balaban J connectivity index is 2.54. The van der Waals surface area contributed by atoms with Gasteiger partial charge in [0.15, 0.2) is 0 Å². The molecule has 78 valence electrons. The zero-order valence-corrected chi connectivity index (χ0v) is 8.62. The summed E-state index contributed by atoms with van der Waals surface area (Å²) in [5.74, 6) is 0.0946. The smallest absolute Gasteiger partial charge is 0.124 e. The van der Waals surface area contributed by atoms with Crippen LogP contribution in [0.25, 0.3) is 21.8 Å². The molecule has 0 amide bonds. The van der Waals surface area contributed by atoms with Crippen LogP contribution in [0.3, 0.4) is 0 Å². The first kappa shape index (κ1) is 8.97. The van der Waals surface area contributed by atoms with E-state index in [4.69, 9.17) is 11.1 Å². The van der Waals surface area contributed by atoms with Gasteiger partial charge < -0.3 is 10.7 Å². The number of fused-ring (bicyclic) bond motifs is 3. The Bertz CT molecular complexity index is 695. The van der Waals surface area contributed by atoms with E-state index < -0.39 is 0 Å². The monoisotopic (exact) mass is 209 g/mol. The van der Waals surface area contributed by atoms with Crippen LogP contribution in [-0.4, -0.2) is 10.8 Å². The normalized spacial score (nSPS) is 11.0. The molecule has 0 saturated heterocycles. The Kier molecular flexibility index (Phi) is 1.74. The van der Waals surface area contributed by atoms with Crippen molar-refractivity contribution in [2.75, 3.05) is 0 Å². The summed E-state index contributed by atoms with van der Waals surface area (Å²) in [6, 6.07) is 13.9. The maximum Gasteiger partial charge on any atom is 0.124 e. The first-order valence-corrected chi connectivity index (χ1v) is 5.11. The largest absolute Gasteiger partial charge is 0.384 e. The summed E-state index contributed by atoms with van der Waals surface area (Å²) >= 11 is 0. The number of aromatic amines is 1. The lowest BCUT2D eigenvalue weighted by Crippen LogP contribution is -2.11. The molecule has 3 heteroatoms. The number of hydrogen-bond acceptors (Lipinski definition) is 1. The Morgan fingerprint density at radius 1 is 1.00 bits per heavy atom. The van der Waals surface area contributed by atoms with Crippen LogP contribution in [0.1, 0.15) is 5.56 Å². The molecule has 0 saturated carbocycles. The third kappa shape index (κ3) is 1.11. The fourth-order valence-electron chi connectivity index (χ4n) is 2.10. The van der Waals surface area contributed by atoms with Gasteiger partial charge in [-0.2, -0.15) is 0 Å². The summed E-state index contributed by atoms with van der Waals surface area (Å²) in [5, 5.41) is 9.83. The van der Waals surface area contributed by atoms with E-state index in [0.29, 0.717) is 0 Å². The lowest BCUT2D eigenvalue weighted by Gasteiger charge is -1.99. The van der Waals surface area contributed by atoms with E-state index >= 15 is 0 Å². The van der Waals surface area contributed by atoms with Gasteiger partial charge in [-0.25, -0.2) is 0 Å². The predicted molar refractivity (Wildman–Crippen MR) is 66.8 cm³/mol. The molecule has 4 N–H and O–H groups in total. The predicted octanol–water partition coefficient (Wildman–Crippen LogP) is 2.61. The Labute approximate surface area is 92.4 Å². The lowest BCUT2D eigenvalue weighted by molar-refractivity contribution is 1.42. The number of benzene rings is 2. The van der Waals surface area contributed by atoms with Gasteiger partial charge in [-0.1, -0.05) is 30.3 Å². The second kappa shape index (κ2) is 3.10. The summed E-state index contributed by atoms with van der Waals surface area (Å²) in [6.45, 7) is 0. The molecule has 0 radical (unpaired) electrons. The number of para-hydroxylation sites is 2. The fraction of sp³-hybridized carbons (Fsp3) is 0. The van der Waals surface area contributed by atoms with Crippen molar-refractivity contribution in [1.29, 1.82) is 5.41 Å². The van der Waals surface area contributed by atoms with Crippen LogP contribution >= 0.6 is 0 Å².